The normalized spacial score (nSPS) is 20.4. The van der Waals surface area contributed by atoms with Crippen LogP contribution in [0, 0.1) is 0 Å². The highest BCUT2D eigenvalue weighted by Crippen LogP contribution is 2.05. The number of aromatic nitrogens is 2. The number of hydrogen-bond acceptors (Lipinski definition) is 5. The highest BCUT2D eigenvalue weighted by Gasteiger charge is 2.15. The number of likely N-dealkylation sites (N-methyl/N-ethyl adjacent to an activating group) is 1. The van der Waals surface area contributed by atoms with Gasteiger partial charge in [0.1, 0.15) is 5.82 Å². The molecule has 1 aliphatic heterocycles. The Labute approximate surface area is 115 Å². The number of nitrogens with zero attached hydrogens (tertiary/aromatic N) is 3. The lowest BCUT2D eigenvalue weighted by Gasteiger charge is -2.30. The average Bonchev–Trinajstić information content (AvgIpc) is 2.41. The van der Waals surface area contributed by atoms with Crippen molar-refractivity contribution in [2.45, 2.75) is 32.2 Å². The number of hydrogen-bond donors (Lipinski definition) is 2. The molecule has 0 aliphatic carbocycles. The zero-order chi connectivity index (χ0) is 13.5. The smallest absolute Gasteiger partial charge is 0.148 e. The minimum absolute atomic E-state index is 0.582. The summed E-state index contributed by atoms with van der Waals surface area (Å²) < 4.78 is 0. The second-order valence-electron chi connectivity index (χ2n) is 5.29. The van der Waals surface area contributed by atoms with Crippen molar-refractivity contribution in [1.29, 1.82) is 0 Å². The van der Waals surface area contributed by atoms with Crippen LogP contribution in [0.15, 0.2) is 12.1 Å². The van der Waals surface area contributed by atoms with Gasteiger partial charge in [0.15, 0.2) is 0 Å². The molecule has 2 rings (SSSR count). The van der Waals surface area contributed by atoms with E-state index in [2.05, 4.69) is 45.8 Å². The first kappa shape index (κ1) is 14.2. The van der Waals surface area contributed by atoms with Crippen LogP contribution in [0.25, 0.3) is 0 Å². The fourth-order valence-electron chi connectivity index (χ4n) is 2.40. The molecule has 0 bridgehead atoms. The number of aryl methyl sites for hydroxylation is 1. The summed E-state index contributed by atoms with van der Waals surface area (Å²) in [5, 5.41) is 15.3. The lowest BCUT2D eigenvalue weighted by atomic mass is 10.1. The zero-order valence-electron chi connectivity index (χ0n) is 12.0. The first-order chi connectivity index (χ1) is 9.28. The fourth-order valence-corrected chi connectivity index (χ4v) is 2.40. The van der Waals surface area contributed by atoms with Gasteiger partial charge < -0.3 is 15.5 Å². The number of anilines is 1. The summed E-state index contributed by atoms with van der Waals surface area (Å²) in [6.07, 6.45) is 3.23. The molecule has 1 aromatic rings. The second kappa shape index (κ2) is 7.40. The van der Waals surface area contributed by atoms with Crippen LogP contribution in [0.1, 0.15) is 25.5 Å². The molecule has 0 saturated carbocycles. The fraction of sp³-hybridized carbons (Fsp3) is 0.714. The van der Waals surface area contributed by atoms with Crippen molar-refractivity contribution >= 4 is 5.82 Å². The van der Waals surface area contributed by atoms with Gasteiger partial charge in [0.2, 0.25) is 0 Å². The maximum Gasteiger partial charge on any atom is 0.148 e. The first-order valence-electron chi connectivity index (χ1n) is 7.26. The Bertz CT molecular complexity index is 365. The third-order valence-corrected chi connectivity index (χ3v) is 3.48. The van der Waals surface area contributed by atoms with E-state index in [0.717, 1.165) is 57.0 Å². The molecule has 1 atom stereocenters. The molecule has 0 aromatic carbocycles. The molecule has 5 nitrogen and oxygen atoms in total. The summed E-state index contributed by atoms with van der Waals surface area (Å²) in [6.45, 7) is 6.46. The summed E-state index contributed by atoms with van der Waals surface area (Å²) in [6, 6.07) is 4.67. The van der Waals surface area contributed by atoms with Crippen LogP contribution in [-0.2, 0) is 6.42 Å². The molecule has 1 aliphatic rings. The van der Waals surface area contributed by atoms with Crippen LogP contribution >= 0.6 is 0 Å². The van der Waals surface area contributed by atoms with Gasteiger partial charge in [0, 0.05) is 32.2 Å². The predicted molar refractivity (Wildman–Crippen MR) is 78.4 cm³/mol. The molecule has 1 aromatic heterocycles. The van der Waals surface area contributed by atoms with Crippen LogP contribution in [0.3, 0.4) is 0 Å². The molecule has 1 fully saturated rings. The van der Waals surface area contributed by atoms with E-state index in [1.807, 2.05) is 6.07 Å². The molecular formula is C14H25N5. The summed E-state index contributed by atoms with van der Waals surface area (Å²) >= 11 is 0. The van der Waals surface area contributed by atoms with Gasteiger partial charge in [0.05, 0.1) is 5.69 Å². The molecule has 2 N–H and O–H groups in total. The number of piperazine rings is 1. The summed E-state index contributed by atoms with van der Waals surface area (Å²) in [7, 11) is 2.18. The topological polar surface area (TPSA) is 53.1 Å². The molecular weight excluding hydrogens is 238 g/mol. The van der Waals surface area contributed by atoms with E-state index in [4.69, 9.17) is 0 Å². The molecule has 19 heavy (non-hydrogen) atoms. The maximum atomic E-state index is 4.21. The van der Waals surface area contributed by atoms with Crippen LogP contribution in [0.4, 0.5) is 5.82 Å². The van der Waals surface area contributed by atoms with Gasteiger partial charge in [0.25, 0.3) is 0 Å². The molecule has 5 heteroatoms. The van der Waals surface area contributed by atoms with Crippen molar-refractivity contribution in [3.63, 3.8) is 0 Å². The average molecular weight is 263 g/mol. The third-order valence-electron chi connectivity index (χ3n) is 3.48. The van der Waals surface area contributed by atoms with Crippen LogP contribution < -0.4 is 10.6 Å². The quantitative estimate of drug-likeness (QED) is 0.806. The van der Waals surface area contributed by atoms with E-state index >= 15 is 0 Å². The Hall–Kier alpha value is -1.20. The SMILES string of the molecule is CCCc1ccc(NCCC2CN(C)CCN2)nn1. The van der Waals surface area contributed by atoms with Gasteiger partial charge in [-0.05, 0) is 32.0 Å². The zero-order valence-corrected chi connectivity index (χ0v) is 12.0. The van der Waals surface area contributed by atoms with E-state index in [0.29, 0.717) is 6.04 Å². The van der Waals surface area contributed by atoms with Crippen molar-refractivity contribution in [1.82, 2.24) is 20.4 Å². The van der Waals surface area contributed by atoms with E-state index in [1.165, 1.54) is 0 Å². The van der Waals surface area contributed by atoms with Crippen LogP contribution in [-0.4, -0.2) is 54.4 Å². The number of nitrogens with one attached hydrogen (secondary N) is 2. The lowest BCUT2D eigenvalue weighted by molar-refractivity contribution is 0.234. The highest BCUT2D eigenvalue weighted by molar-refractivity contribution is 5.32. The molecule has 1 unspecified atom stereocenters. The van der Waals surface area contributed by atoms with Gasteiger partial charge in [-0.2, -0.15) is 5.10 Å². The van der Waals surface area contributed by atoms with Gasteiger partial charge in [-0.1, -0.05) is 13.3 Å². The Morgan fingerprint density at radius 1 is 1.42 bits per heavy atom. The lowest BCUT2D eigenvalue weighted by Crippen LogP contribution is -2.49. The molecule has 0 radical (unpaired) electrons. The van der Waals surface area contributed by atoms with E-state index in [9.17, 15) is 0 Å². The van der Waals surface area contributed by atoms with Crippen molar-refractivity contribution in [2.75, 3.05) is 38.5 Å². The Balaban J connectivity index is 1.70. The van der Waals surface area contributed by atoms with Gasteiger partial charge in [-0.25, -0.2) is 0 Å². The predicted octanol–water partition coefficient (Wildman–Crippen LogP) is 1.13. The van der Waals surface area contributed by atoms with Gasteiger partial charge >= 0.3 is 0 Å². The summed E-state index contributed by atoms with van der Waals surface area (Å²) in [5.74, 6) is 0.879. The van der Waals surface area contributed by atoms with Crippen molar-refractivity contribution < 1.29 is 0 Å². The molecule has 0 spiro atoms. The molecule has 106 valence electrons. The third kappa shape index (κ3) is 4.76. The Kier molecular flexibility index (Phi) is 5.54. The van der Waals surface area contributed by atoms with Gasteiger partial charge in [-0.3, -0.25) is 0 Å². The second-order valence-corrected chi connectivity index (χ2v) is 5.29. The number of rotatable bonds is 6. The van der Waals surface area contributed by atoms with E-state index in [-0.39, 0.29) is 0 Å². The largest absolute Gasteiger partial charge is 0.369 e. The Morgan fingerprint density at radius 2 is 2.32 bits per heavy atom. The van der Waals surface area contributed by atoms with Crippen molar-refractivity contribution in [2.24, 2.45) is 0 Å². The maximum absolute atomic E-state index is 4.21. The molecule has 2 heterocycles. The molecule has 0 amide bonds. The van der Waals surface area contributed by atoms with Crippen LogP contribution in [0.5, 0.6) is 0 Å². The van der Waals surface area contributed by atoms with Crippen molar-refractivity contribution in [3.8, 4) is 0 Å². The first-order valence-corrected chi connectivity index (χ1v) is 7.26. The summed E-state index contributed by atoms with van der Waals surface area (Å²) in [5.41, 5.74) is 1.07. The Morgan fingerprint density at radius 3 is 3.00 bits per heavy atom. The minimum atomic E-state index is 0.582. The van der Waals surface area contributed by atoms with Gasteiger partial charge in [-0.15, -0.1) is 5.10 Å². The molecule has 1 saturated heterocycles. The van der Waals surface area contributed by atoms with Crippen LogP contribution in [0.2, 0.25) is 0 Å². The minimum Gasteiger partial charge on any atom is -0.369 e. The standard InChI is InChI=1S/C14H25N5/c1-3-4-12-5-6-14(18-17-12)16-8-7-13-11-19(2)10-9-15-13/h5-6,13,15H,3-4,7-11H2,1-2H3,(H,16,18). The highest BCUT2D eigenvalue weighted by atomic mass is 15.2. The van der Waals surface area contributed by atoms with E-state index < -0.39 is 0 Å². The van der Waals surface area contributed by atoms with E-state index in [1.54, 1.807) is 0 Å². The summed E-state index contributed by atoms with van der Waals surface area (Å²) in [4.78, 5) is 2.38. The monoisotopic (exact) mass is 263 g/mol. The van der Waals surface area contributed by atoms with Crippen molar-refractivity contribution in [3.05, 3.63) is 17.8 Å².